The first kappa shape index (κ1) is 33.3. The van der Waals surface area contributed by atoms with Crippen molar-refractivity contribution in [3.63, 3.8) is 0 Å². The molecule has 0 bridgehead atoms. The number of amides is 4. The van der Waals surface area contributed by atoms with E-state index in [4.69, 9.17) is 21.1 Å². The summed E-state index contributed by atoms with van der Waals surface area (Å²) in [6, 6.07) is -1.34. The molecule has 16 heteroatoms. The molecule has 0 aliphatic heterocycles. The second kappa shape index (κ2) is 15.6. The van der Waals surface area contributed by atoms with E-state index in [-0.39, 0.29) is 12.2 Å². The summed E-state index contributed by atoms with van der Waals surface area (Å²) >= 11 is 0. The van der Waals surface area contributed by atoms with Crippen molar-refractivity contribution in [3.05, 3.63) is 29.8 Å². The number of hydrogen-bond acceptors (Lipinski definition) is 9. The Morgan fingerprint density at radius 3 is 1.77 bits per heavy atom. The molecule has 5 atom stereocenters. The predicted molar refractivity (Wildman–Crippen MR) is 136 cm³/mol. The van der Waals surface area contributed by atoms with Gasteiger partial charge in [-0.1, -0.05) is 12.1 Å². The minimum Gasteiger partial charge on any atom is -0.508 e. The molecule has 0 unspecified atom stereocenters. The summed E-state index contributed by atoms with van der Waals surface area (Å²) in [5.41, 5.74) is 5.94. The Kier molecular flexibility index (Phi) is 13.0. The van der Waals surface area contributed by atoms with Crippen molar-refractivity contribution in [1.29, 1.82) is 0 Å². The fraction of sp³-hybridized carbons (Fsp3) is 0.458. The highest BCUT2D eigenvalue weighted by atomic mass is 16.4. The van der Waals surface area contributed by atoms with E-state index >= 15 is 0 Å². The number of hydrogen-bond donors (Lipinski definition) is 9. The van der Waals surface area contributed by atoms with Gasteiger partial charge in [-0.3, -0.25) is 33.6 Å². The van der Waals surface area contributed by atoms with Crippen LogP contribution in [0.3, 0.4) is 0 Å². The van der Waals surface area contributed by atoms with Crippen molar-refractivity contribution in [2.45, 2.75) is 69.7 Å². The molecule has 0 aliphatic carbocycles. The van der Waals surface area contributed by atoms with Crippen molar-refractivity contribution in [2.75, 3.05) is 0 Å². The number of benzene rings is 1. The number of carboxylic acid groups (broad SMARTS) is 3. The second-order valence-electron chi connectivity index (χ2n) is 8.93. The molecule has 4 amide bonds. The third kappa shape index (κ3) is 11.8. The summed E-state index contributed by atoms with van der Waals surface area (Å²) in [4.78, 5) is 83.7. The zero-order valence-electron chi connectivity index (χ0n) is 21.7. The Labute approximate surface area is 228 Å². The molecule has 0 radical (unpaired) electrons. The molecule has 1 aromatic carbocycles. The fourth-order valence-corrected chi connectivity index (χ4v) is 3.23. The summed E-state index contributed by atoms with van der Waals surface area (Å²) < 4.78 is 0. The third-order valence-corrected chi connectivity index (χ3v) is 5.50. The van der Waals surface area contributed by atoms with Crippen LogP contribution in [0.15, 0.2) is 24.3 Å². The van der Waals surface area contributed by atoms with E-state index in [1.54, 1.807) is 0 Å². The second-order valence-corrected chi connectivity index (χ2v) is 8.93. The molecule has 1 rings (SSSR count). The highest BCUT2D eigenvalue weighted by Crippen LogP contribution is 2.12. The van der Waals surface area contributed by atoms with E-state index in [1.165, 1.54) is 38.1 Å². The van der Waals surface area contributed by atoms with Gasteiger partial charge in [-0.05, 0) is 38.0 Å². The van der Waals surface area contributed by atoms with Gasteiger partial charge in [-0.25, -0.2) is 0 Å². The molecule has 40 heavy (non-hydrogen) atoms. The fourth-order valence-electron chi connectivity index (χ4n) is 3.23. The number of carbonyl (C=O) groups excluding carboxylic acids is 4. The monoisotopic (exact) mass is 567 g/mol. The van der Waals surface area contributed by atoms with E-state index in [1.807, 2.05) is 0 Å². The molecule has 0 heterocycles. The third-order valence-electron chi connectivity index (χ3n) is 5.50. The molecule has 220 valence electrons. The number of phenols is 1. The molecular weight excluding hydrogens is 534 g/mol. The lowest BCUT2D eigenvalue weighted by atomic mass is 10.0. The molecule has 0 spiro atoms. The lowest BCUT2D eigenvalue weighted by molar-refractivity contribution is -0.142. The Bertz CT molecular complexity index is 1110. The molecule has 0 aliphatic rings. The van der Waals surface area contributed by atoms with Gasteiger partial charge in [0, 0.05) is 12.8 Å². The van der Waals surface area contributed by atoms with Gasteiger partial charge < -0.3 is 47.4 Å². The van der Waals surface area contributed by atoms with Crippen molar-refractivity contribution in [1.82, 2.24) is 21.3 Å². The van der Waals surface area contributed by atoms with E-state index in [9.17, 15) is 38.7 Å². The topological polar surface area (TPSA) is 275 Å². The van der Waals surface area contributed by atoms with Crippen LogP contribution in [0.4, 0.5) is 0 Å². The Hall–Kier alpha value is -4.73. The van der Waals surface area contributed by atoms with E-state index in [2.05, 4.69) is 21.3 Å². The van der Waals surface area contributed by atoms with Crippen molar-refractivity contribution < 1.29 is 54.0 Å². The van der Waals surface area contributed by atoms with Crippen molar-refractivity contribution >= 4 is 41.5 Å². The van der Waals surface area contributed by atoms with Crippen LogP contribution in [0.2, 0.25) is 0 Å². The summed E-state index contributed by atoms with van der Waals surface area (Å²) in [6.45, 7) is 2.43. The summed E-state index contributed by atoms with van der Waals surface area (Å²) in [7, 11) is 0. The SMILES string of the molecule is C[C@H](NC(=O)[C@H](Cc1ccc(O)cc1)NC(=O)[C@H](CCC(=O)O)NC(=O)[C@H](C)NC(=O)[C@@H](N)CC(=O)O)C(=O)O. The molecule has 0 saturated heterocycles. The number of aromatic hydroxyl groups is 1. The Balaban J connectivity index is 3.09. The molecular formula is C24H33N5O11. The van der Waals surface area contributed by atoms with E-state index in [0.717, 1.165) is 0 Å². The van der Waals surface area contributed by atoms with Gasteiger partial charge in [-0.15, -0.1) is 0 Å². The smallest absolute Gasteiger partial charge is 0.325 e. The largest absolute Gasteiger partial charge is 0.508 e. The molecule has 0 saturated carbocycles. The van der Waals surface area contributed by atoms with Crippen LogP contribution in [0, 0.1) is 0 Å². The first-order chi connectivity index (χ1) is 18.6. The molecule has 1 aromatic rings. The molecule has 10 N–H and O–H groups in total. The van der Waals surface area contributed by atoms with Gasteiger partial charge in [0.1, 0.15) is 29.9 Å². The van der Waals surface area contributed by atoms with Crippen molar-refractivity contribution in [2.24, 2.45) is 5.73 Å². The van der Waals surface area contributed by atoms with Crippen LogP contribution in [-0.2, 0) is 40.0 Å². The van der Waals surface area contributed by atoms with Gasteiger partial charge in [0.2, 0.25) is 23.6 Å². The maximum Gasteiger partial charge on any atom is 0.325 e. The standard InChI is InChI=1S/C24H33N5O11/c1-11(26-21(36)15(25)10-19(33)34)20(35)28-16(7-8-18(31)32)22(37)29-17(23(38)27-12(2)24(39)40)9-13-3-5-14(30)6-4-13/h3-6,11-12,15-17,30H,7-10,25H2,1-2H3,(H,26,36)(H,27,38)(H,28,35)(H,29,37)(H,31,32)(H,33,34)(H,39,40)/t11-,12-,15-,16-,17-/m0/s1. The molecule has 0 fully saturated rings. The maximum atomic E-state index is 13.1. The van der Waals surface area contributed by atoms with E-state index < -0.39 is 91.0 Å². The number of carbonyl (C=O) groups is 7. The average molecular weight is 568 g/mol. The van der Waals surface area contributed by atoms with Crippen LogP contribution in [0.5, 0.6) is 5.75 Å². The number of phenolic OH excluding ortho intramolecular Hbond substituents is 1. The van der Waals surface area contributed by atoms with Crippen LogP contribution >= 0.6 is 0 Å². The lowest BCUT2D eigenvalue weighted by Gasteiger charge is -2.25. The minimum absolute atomic E-state index is 0.0603. The van der Waals surface area contributed by atoms with Crippen LogP contribution in [0.25, 0.3) is 0 Å². The quantitative estimate of drug-likeness (QED) is 0.102. The molecule has 16 nitrogen and oxygen atoms in total. The first-order valence-electron chi connectivity index (χ1n) is 12.0. The van der Waals surface area contributed by atoms with E-state index in [0.29, 0.717) is 5.56 Å². The normalized spacial score (nSPS) is 14.4. The van der Waals surface area contributed by atoms with Crippen LogP contribution in [0.1, 0.15) is 38.7 Å². The number of aliphatic carboxylic acids is 3. The van der Waals surface area contributed by atoms with Gasteiger partial charge in [0.15, 0.2) is 0 Å². The van der Waals surface area contributed by atoms with Gasteiger partial charge in [-0.2, -0.15) is 0 Å². The van der Waals surface area contributed by atoms with Gasteiger partial charge in [0.05, 0.1) is 12.5 Å². The van der Waals surface area contributed by atoms with Crippen LogP contribution < -0.4 is 27.0 Å². The summed E-state index contributed by atoms with van der Waals surface area (Å²) in [5.74, 6) is -7.76. The zero-order chi connectivity index (χ0) is 30.6. The van der Waals surface area contributed by atoms with Gasteiger partial charge in [0.25, 0.3) is 0 Å². The Morgan fingerprint density at radius 1 is 0.725 bits per heavy atom. The maximum absolute atomic E-state index is 13.1. The lowest BCUT2D eigenvalue weighted by Crippen LogP contribution is -2.58. The average Bonchev–Trinajstić information content (AvgIpc) is 2.86. The number of nitrogens with two attached hydrogens (primary N) is 1. The van der Waals surface area contributed by atoms with Gasteiger partial charge >= 0.3 is 17.9 Å². The number of carboxylic acids is 3. The predicted octanol–water partition coefficient (Wildman–Crippen LogP) is -2.33. The first-order valence-corrected chi connectivity index (χ1v) is 12.0. The minimum atomic E-state index is -1.50. The van der Waals surface area contributed by atoms with Crippen molar-refractivity contribution in [3.8, 4) is 5.75 Å². The Morgan fingerprint density at radius 2 is 1.25 bits per heavy atom. The number of nitrogens with one attached hydrogen (secondary N) is 4. The highest BCUT2D eigenvalue weighted by Gasteiger charge is 2.30. The molecule has 0 aromatic heterocycles. The highest BCUT2D eigenvalue weighted by molar-refractivity contribution is 5.96. The summed E-state index contributed by atoms with van der Waals surface area (Å²) in [5, 5.41) is 45.5. The zero-order valence-corrected chi connectivity index (χ0v) is 21.7. The van der Waals surface area contributed by atoms with Crippen LogP contribution in [-0.4, -0.2) is 92.2 Å². The summed E-state index contributed by atoms with van der Waals surface area (Å²) in [6.07, 6.45) is -1.83. The number of rotatable bonds is 16.